The van der Waals surface area contributed by atoms with E-state index in [1.54, 1.807) is 0 Å². The lowest BCUT2D eigenvalue weighted by Gasteiger charge is -2.33. The van der Waals surface area contributed by atoms with Crippen molar-refractivity contribution in [1.29, 1.82) is 0 Å². The van der Waals surface area contributed by atoms with E-state index in [-0.39, 0.29) is 11.9 Å². The molecule has 19 heavy (non-hydrogen) atoms. The molecule has 1 amide bonds. The van der Waals surface area contributed by atoms with E-state index in [0.717, 1.165) is 35.1 Å². The topological polar surface area (TPSA) is 45.5 Å². The van der Waals surface area contributed by atoms with Crippen molar-refractivity contribution in [2.45, 2.75) is 13.0 Å². The van der Waals surface area contributed by atoms with Crippen molar-refractivity contribution in [3.05, 3.63) is 34.5 Å². The van der Waals surface area contributed by atoms with Gasteiger partial charge < -0.3 is 14.6 Å². The van der Waals surface area contributed by atoms with Gasteiger partial charge in [-0.1, -0.05) is 12.1 Å². The highest BCUT2D eigenvalue weighted by atomic mass is 79.9. The van der Waals surface area contributed by atoms with Gasteiger partial charge in [-0.2, -0.15) is 0 Å². The first-order chi connectivity index (χ1) is 9.16. The van der Waals surface area contributed by atoms with Gasteiger partial charge in [0.25, 0.3) is 5.91 Å². The molecule has 5 heteroatoms. The highest BCUT2D eigenvalue weighted by Gasteiger charge is 2.26. The number of benzene rings is 1. The average Bonchev–Trinajstić information content (AvgIpc) is 2.84. The molecule has 1 aliphatic heterocycles. The summed E-state index contributed by atoms with van der Waals surface area (Å²) in [6.07, 6.45) is 0. The first kappa shape index (κ1) is 12.7. The van der Waals surface area contributed by atoms with Crippen molar-refractivity contribution in [2.75, 3.05) is 19.6 Å². The number of piperazine rings is 1. The Bertz CT molecular complexity index is 623. The molecule has 1 aromatic carbocycles. The number of carbonyl (C=O) groups excluding carboxylic acids is 1. The minimum Gasteiger partial charge on any atom is -0.450 e. The molecule has 0 saturated carbocycles. The third kappa shape index (κ3) is 2.28. The smallest absolute Gasteiger partial charge is 0.289 e. The molecule has 1 N–H and O–H groups in total. The van der Waals surface area contributed by atoms with Crippen molar-refractivity contribution >= 4 is 32.8 Å². The zero-order chi connectivity index (χ0) is 13.4. The molecule has 1 fully saturated rings. The van der Waals surface area contributed by atoms with Crippen LogP contribution in [0.3, 0.4) is 0 Å². The highest BCUT2D eigenvalue weighted by molar-refractivity contribution is 9.10. The van der Waals surface area contributed by atoms with E-state index < -0.39 is 0 Å². The predicted octanol–water partition coefficient (Wildman–Crippen LogP) is 2.63. The number of furan rings is 1. The Kier molecular flexibility index (Phi) is 3.33. The molecule has 0 aliphatic carbocycles. The molecule has 3 rings (SSSR count). The van der Waals surface area contributed by atoms with Crippen LogP contribution in [0.25, 0.3) is 11.0 Å². The van der Waals surface area contributed by atoms with Crippen molar-refractivity contribution in [3.8, 4) is 0 Å². The van der Waals surface area contributed by atoms with Gasteiger partial charge in [0.1, 0.15) is 5.58 Å². The predicted molar refractivity (Wildman–Crippen MR) is 77.3 cm³/mol. The highest BCUT2D eigenvalue weighted by Crippen LogP contribution is 2.27. The standard InChI is InChI=1S/C14H15BrN2O2/c1-9-8-16-5-6-17(9)14(18)12-7-10-3-2-4-11(15)13(10)19-12/h2-4,7,9,16H,5-6,8H2,1H3. The largest absolute Gasteiger partial charge is 0.450 e. The number of rotatable bonds is 1. The van der Waals surface area contributed by atoms with Crippen LogP contribution in [0, 0.1) is 0 Å². The summed E-state index contributed by atoms with van der Waals surface area (Å²) in [5.41, 5.74) is 0.730. The summed E-state index contributed by atoms with van der Waals surface area (Å²) in [7, 11) is 0. The molecule has 2 aromatic rings. The maximum absolute atomic E-state index is 12.5. The molecule has 0 radical (unpaired) electrons. The van der Waals surface area contributed by atoms with E-state index >= 15 is 0 Å². The minimum absolute atomic E-state index is 0.0305. The summed E-state index contributed by atoms with van der Waals surface area (Å²) in [5, 5.41) is 4.22. The van der Waals surface area contributed by atoms with Crippen LogP contribution in [0.5, 0.6) is 0 Å². The molecule has 0 spiro atoms. The Hall–Kier alpha value is -1.33. The fraction of sp³-hybridized carbons (Fsp3) is 0.357. The molecule has 1 aliphatic rings. The van der Waals surface area contributed by atoms with E-state index in [9.17, 15) is 4.79 Å². The fourth-order valence-corrected chi connectivity index (χ4v) is 2.88. The van der Waals surface area contributed by atoms with Crippen LogP contribution >= 0.6 is 15.9 Å². The van der Waals surface area contributed by atoms with E-state index in [4.69, 9.17) is 4.42 Å². The number of hydrogen-bond donors (Lipinski definition) is 1. The van der Waals surface area contributed by atoms with Crippen molar-refractivity contribution in [2.24, 2.45) is 0 Å². The first-order valence-electron chi connectivity index (χ1n) is 6.36. The van der Waals surface area contributed by atoms with E-state index in [0.29, 0.717) is 5.76 Å². The molecule has 1 aromatic heterocycles. The van der Waals surface area contributed by atoms with Crippen LogP contribution in [0.4, 0.5) is 0 Å². The van der Waals surface area contributed by atoms with Gasteiger partial charge in [0.05, 0.1) is 4.47 Å². The number of nitrogens with zero attached hydrogens (tertiary/aromatic N) is 1. The number of hydrogen-bond acceptors (Lipinski definition) is 3. The van der Waals surface area contributed by atoms with Crippen molar-refractivity contribution in [3.63, 3.8) is 0 Å². The van der Waals surface area contributed by atoms with Gasteiger partial charge in [-0.15, -0.1) is 0 Å². The number of carbonyl (C=O) groups is 1. The Morgan fingerprint density at radius 3 is 3.11 bits per heavy atom. The van der Waals surface area contributed by atoms with Gasteiger partial charge >= 0.3 is 0 Å². The Labute approximate surface area is 119 Å². The fourth-order valence-electron chi connectivity index (χ4n) is 2.42. The number of amides is 1. The lowest BCUT2D eigenvalue weighted by Crippen LogP contribution is -2.52. The Morgan fingerprint density at radius 1 is 1.53 bits per heavy atom. The van der Waals surface area contributed by atoms with Gasteiger partial charge in [0.2, 0.25) is 0 Å². The summed E-state index contributed by atoms with van der Waals surface area (Å²) in [6.45, 7) is 4.43. The third-order valence-electron chi connectivity index (χ3n) is 3.47. The summed E-state index contributed by atoms with van der Waals surface area (Å²) >= 11 is 3.44. The van der Waals surface area contributed by atoms with Gasteiger partial charge in [0, 0.05) is 31.1 Å². The number of halogens is 1. The molecule has 1 saturated heterocycles. The summed E-state index contributed by atoms with van der Waals surface area (Å²) in [4.78, 5) is 14.3. The van der Waals surface area contributed by atoms with Crippen LogP contribution in [0.1, 0.15) is 17.5 Å². The molecule has 4 nitrogen and oxygen atoms in total. The van der Waals surface area contributed by atoms with Gasteiger partial charge in [-0.25, -0.2) is 0 Å². The van der Waals surface area contributed by atoms with Crippen LogP contribution in [-0.2, 0) is 0 Å². The number of nitrogens with one attached hydrogen (secondary N) is 1. The SMILES string of the molecule is CC1CNCCN1C(=O)c1cc2cccc(Br)c2o1. The Morgan fingerprint density at radius 2 is 2.37 bits per heavy atom. The summed E-state index contributed by atoms with van der Waals surface area (Å²) in [6, 6.07) is 7.80. The van der Waals surface area contributed by atoms with E-state index in [1.165, 1.54) is 0 Å². The molecule has 2 heterocycles. The molecule has 0 bridgehead atoms. The first-order valence-corrected chi connectivity index (χ1v) is 7.16. The second-order valence-electron chi connectivity index (χ2n) is 4.82. The monoisotopic (exact) mass is 322 g/mol. The zero-order valence-electron chi connectivity index (χ0n) is 10.6. The quantitative estimate of drug-likeness (QED) is 0.877. The molecule has 1 unspecified atom stereocenters. The third-order valence-corrected chi connectivity index (χ3v) is 4.09. The van der Waals surface area contributed by atoms with Crippen molar-refractivity contribution in [1.82, 2.24) is 10.2 Å². The second kappa shape index (κ2) is 4.98. The minimum atomic E-state index is -0.0305. The van der Waals surface area contributed by atoms with Crippen LogP contribution in [-0.4, -0.2) is 36.5 Å². The molecule has 100 valence electrons. The van der Waals surface area contributed by atoms with Gasteiger partial charge in [-0.05, 0) is 35.0 Å². The van der Waals surface area contributed by atoms with Crippen LogP contribution < -0.4 is 5.32 Å². The molecule has 1 atom stereocenters. The van der Waals surface area contributed by atoms with Crippen LogP contribution in [0.15, 0.2) is 33.2 Å². The number of fused-ring (bicyclic) bond motifs is 1. The summed E-state index contributed by atoms with van der Waals surface area (Å²) < 4.78 is 6.58. The lowest BCUT2D eigenvalue weighted by atomic mass is 10.2. The summed E-state index contributed by atoms with van der Waals surface area (Å²) in [5.74, 6) is 0.382. The molecular weight excluding hydrogens is 308 g/mol. The normalized spacial score (nSPS) is 19.9. The van der Waals surface area contributed by atoms with E-state index in [1.807, 2.05) is 36.1 Å². The maximum atomic E-state index is 12.5. The number of para-hydroxylation sites is 1. The average molecular weight is 323 g/mol. The zero-order valence-corrected chi connectivity index (χ0v) is 12.2. The van der Waals surface area contributed by atoms with E-state index in [2.05, 4.69) is 21.2 Å². The van der Waals surface area contributed by atoms with Crippen LogP contribution in [0.2, 0.25) is 0 Å². The van der Waals surface area contributed by atoms with Gasteiger partial charge in [-0.3, -0.25) is 4.79 Å². The Balaban J connectivity index is 1.95. The van der Waals surface area contributed by atoms with Crippen molar-refractivity contribution < 1.29 is 9.21 Å². The second-order valence-corrected chi connectivity index (χ2v) is 5.67. The maximum Gasteiger partial charge on any atom is 0.289 e. The van der Waals surface area contributed by atoms with Gasteiger partial charge in [0.15, 0.2) is 5.76 Å². The lowest BCUT2D eigenvalue weighted by molar-refractivity contribution is 0.0625. The molecular formula is C14H15BrN2O2.